The van der Waals surface area contributed by atoms with Crippen LogP contribution in [0.2, 0.25) is 10.0 Å². The first-order valence-corrected chi connectivity index (χ1v) is 7.94. The molecule has 0 aromatic heterocycles. The summed E-state index contributed by atoms with van der Waals surface area (Å²) in [6, 6.07) is 3.82. The Bertz CT molecular complexity index is 624. The number of rotatable bonds is 4. The van der Waals surface area contributed by atoms with Crippen molar-refractivity contribution in [3.05, 3.63) is 28.2 Å². The average molecular weight is 358 g/mol. The van der Waals surface area contributed by atoms with Gasteiger partial charge in [0, 0.05) is 31.7 Å². The van der Waals surface area contributed by atoms with Crippen LogP contribution < -0.4 is 5.32 Å². The molecule has 0 radical (unpaired) electrons. The Hall–Kier alpha value is -1.79. The van der Waals surface area contributed by atoms with Crippen molar-refractivity contribution in [3.63, 3.8) is 0 Å². The lowest BCUT2D eigenvalue weighted by Crippen LogP contribution is -2.58. The fraction of sp³-hybridized carbons (Fsp3) is 0.400. The summed E-state index contributed by atoms with van der Waals surface area (Å²) in [5.74, 6) is -0.164. The molecule has 0 bridgehead atoms. The standard InChI is InChI=1S/C15H17Cl2N3O3/c1-10-14(22)19(5-2-8-21)6-7-20(10)15(23)18-11-3-4-12(16)13(17)9-11/h3-4,8-10H,2,5-7H2,1H3,(H,18,23)/t10-/m0/s1. The topological polar surface area (TPSA) is 69.7 Å². The number of benzene rings is 1. The van der Waals surface area contributed by atoms with E-state index in [2.05, 4.69) is 5.32 Å². The van der Waals surface area contributed by atoms with Crippen molar-refractivity contribution < 1.29 is 14.4 Å². The summed E-state index contributed by atoms with van der Waals surface area (Å²) in [7, 11) is 0. The van der Waals surface area contributed by atoms with Gasteiger partial charge in [-0.25, -0.2) is 4.79 Å². The van der Waals surface area contributed by atoms with Gasteiger partial charge in [-0.05, 0) is 25.1 Å². The van der Waals surface area contributed by atoms with Gasteiger partial charge in [-0.3, -0.25) is 4.79 Å². The Balaban J connectivity index is 2.01. The van der Waals surface area contributed by atoms with Crippen molar-refractivity contribution in [2.75, 3.05) is 25.0 Å². The average Bonchev–Trinajstić information content (AvgIpc) is 2.52. The third-order valence-electron chi connectivity index (χ3n) is 3.70. The molecule has 3 amide bonds. The minimum Gasteiger partial charge on any atom is -0.339 e. The Morgan fingerprint density at radius 1 is 1.35 bits per heavy atom. The molecule has 1 aliphatic rings. The summed E-state index contributed by atoms with van der Waals surface area (Å²) >= 11 is 11.8. The van der Waals surface area contributed by atoms with E-state index in [-0.39, 0.29) is 11.9 Å². The Labute approximate surface area is 144 Å². The first kappa shape index (κ1) is 17.6. The van der Waals surface area contributed by atoms with E-state index >= 15 is 0 Å². The van der Waals surface area contributed by atoms with Crippen molar-refractivity contribution in [2.45, 2.75) is 19.4 Å². The molecule has 1 N–H and O–H groups in total. The second-order valence-electron chi connectivity index (χ2n) is 5.21. The first-order valence-electron chi connectivity index (χ1n) is 7.19. The van der Waals surface area contributed by atoms with E-state index in [0.29, 0.717) is 41.8 Å². The van der Waals surface area contributed by atoms with Crippen LogP contribution in [0.3, 0.4) is 0 Å². The zero-order valence-corrected chi connectivity index (χ0v) is 14.1. The molecule has 0 spiro atoms. The molecule has 1 atom stereocenters. The largest absolute Gasteiger partial charge is 0.339 e. The van der Waals surface area contributed by atoms with Gasteiger partial charge in [0.2, 0.25) is 5.91 Å². The normalized spacial score (nSPS) is 18.0. The Kier molecular flexibility index (Phi) is 5.85. The predicted octanol–water partition coefficient (Wildman–Crippen LogP) is 2.65. The quantitative estimate of drug-likeness (QED) is 0.842. The summed E-state index contributed by atoms with van der Waals surface area (Å²) in [5.41, 5.74) is 0.507. The van der Waals surface area contributed by atoms with Gasteiger partial charge in [0.25, 0.3) is 0 Å². The summed E-state index contributed by atoms with van der Waals surface area (Å²) in [6.07, 6.45) is 1.08. The molecular formula is C15H17Cl2N3O3. The van der Waals surface area contributed by atoms with Gasteiger partial charge in [0.15, 0.2) is 0 Å². The minimum absolute atomic E-state index is 0.164. The lowest BCUT2D eigenvalue weighted by atomic mass is 10.1. The molecule has 1 fully saturated rings. The van der Waals surface area contributed by atoms with Gasteiger partial charge < -0.3 is 19.9 Å². The molecule has 2 rings (SSSR count). The number of nitrogens with one attached hydrogen (secondary N) is 1. The van der Waals surface area contributed by atoms with Crippen LogP contribution in [0, 0.1) is 0 Å². The number of hydrogen-bond acceptors (Lipinski definition) is 3. The Morgan fingerprint density at radius 3 is 2.74 bits per heavy atom. The number of aldehydes is 1. The fourth-order valence-electron chi connectivity index (χ4n) is 2.41. The smallest absolute Gasteiger partial charge is 0.322 e. The third kappa shape index (κ3) is 4.14. The van der Waals surface area contributed by atoms with Crippen LogP contribution >= 0.6 is 23.2 Å². The van der Waals surface area contributed by atoms with Crippen LogP contribution in [0.1, 0.15) is 13.3 Å². The van der Waals surface area contributed by atoms with Crippen molar-refractivity contribution in [1.29, 1.82) is 0 Å². The zero-order chi connectivity index (χ0) is 17.0. The number of hydrogen-bond donors (Lipinski definition) is 1. The first-order chi connectivity index (χ1) is 10.9. The van der Waals surface area contributed by atoms with E-state index in [9.17, 15) is 14.4 Å². The third-order valence-corrected chi connectivity index (χ3v) is 4.44. The molecule has 1 saturated heterocycles. The maximum atomic E-state index is 12.4. The molecule has 0 unspecified atom stereocenters. The maximum Gasteiger partial charge on any atom is 0.322 e. The molecule has 6 nitrogen and oxygen atoms in total. The zero-order valence-electron chi connectivity index (χ0n) is 12.6. The molecule has 8 heteroatoms. The van der Waals surface area contributed by atoms with Crippen LogP contribution in [0.4, 0.5) is 10.5 Å². The van der Waals surface area contributed by atoms with E-state index in [4.69, 9.17) is 23.2 Å². The number of urea groups is 1. The highest BCUT2D eigenvalue weighted by atomic mass is 35.5. The predicted molar refractivity (Wildman–Crippen MR) is 88.9 cm³/mol. The van der Waals surface area contributed by atoms with E-state index < -0.39 is 6.04 Å². The van der Waals surface area contributed by atoms with Crippen LogP contribution in [-0.4, -0.2) is 53.7 Å². The molecule has 1 aromatic carbocycles. The molecule has 124 valence electrons. The van der Waals surface area contributed by atoms with Crippen molar-refractivity contribution in [3.8, 4) is 0 Å². The molecule has 23 heavy (non-hydrogen) atoms. The SMILES string of the molecule is C[C@H]1C(=O)N(CCC=O)CCN1C(=O)Nc1ccc(Cl)c(Cl)c1. The highest BCUT2D eigenvalue weighted by molar-refractivity contribution is 6.42. The number of amides is 3. The number of carbonyl (C=O) groups excluding carboxylic acids is 3. The highest BCUT2D eigenvalue weighted by Crippen LogP contribution is 2.25. The molecule has 0 aliphatic carbocycles. The van der Waals surface area contributed by atoms with Gasteiger partial charge in [-0.15, -0.1) is 0 Å². The molecule has 1 aliphatic heterocycles. The van der Waals surface area contributed by atoms with Crippen molar-refractivity contribution in [1.82, 2.24) is 9.80 Å². The monoisotopic (exact) mass is 357 g/mol. The van der Waals surface area contributed by atoms with E-state index in [1.165, 1.54) is 4.90 Å². The fourth-order valence-corrected chi connectivity index (χ4v) is 2.71. The molecule has 0 saturated carbocycles. The number of nitrogens with zero attached hydrogens (tertiary/aromatic N) is 2. The number of halogens is 2. The highest BCUT2D eigenvalue weighted by Gasteiger charge is 2.34. The summed E-state index contributed by atoms with van der Waals surface area (Å²) in [6.45, 7) is 2.86. The lowest BCUT2D eigenvalue weighted by Gasteiger charge is -2.38. The molecule has 1 aromatic rings. The van der Waals surface area contributed by atoms with Gasteiger partial charge >= 0.3 is 6.03 Å². The van der Waals surface area contributed by atoms with E-state index in [1.54, 1.807) is 30.0 Å². The molecular weight excluding hydrogens is 341 g/mol. The lowest BCUT2D eigenvalue weighted by molar-refractivity contribution is -0.139. The summed E-state index contributed by atoms with van der Waals surface area (Å²) in [4.78, 5) is 38.1. The second-order valence-corrected chi connectivity index (χ2v) is 6.02. The van der Waals surface area contributed by atoms with Gasteiger partial charge in [-0.2, -0.15) is 0 Å². The second kappa shape index (κ2) is 7.66. The van der Waals surface area contributed by atoms with Gasteiger partial charge in [0.05, 0.1) is 10.0 Å². The maximum absolute atomic E-state index is 12.4. The number of anilines is 1. The van der Waals surface area contributed by atoms with Crippen LogP contribution in [-0.2, 0) is 9.59 Å². The van der Waals surface area contributed by atoms with Gasteiger partial charge in [-0.1, -0.05) is 23.2 Å². The van der Waals surface area contributed by atoms with E-state index in [1.807, 2.05) is 0 Å². The molecule has 1 heterocycles. The summed E-state index contributed by atoms with van der Waals surface area (Å²) in [5, 5.41) is 3.45. The Morgan fingerprint density at radius 2 is 2.09 bits per heavy atom. The van der Waals surface area contributed by atoms with E-state index in [0.717, 1.165) is 6.29 Å². The van der Waals surface area contributed by atoms with Crippen molar-refractivity contribution >= 4 is 47.1 Å². The van der Waals surface area contributed by atoms with Crippen LogP contribution in [0.5, 0.6) is 0 Å². The van der Waals surface area contributed by atoms with Crippen LogP contribution in [0.15, 0.2) is 18.2 Å². The number of carbonyl (C=O) groups is 3. The number of piperazine rings is 1. The minimum atomic E-state index is -0.585. The van der Waals surface area contributed by atoms with Gasteiger partial charge in [0.1, 0.15) is 12.3 Å². The van der Waals surface area contributed by atoms with Crippen molar-refractivity contribution in [2.24, 2.45) is 0 Å². The van der Waals surface area contributed by atoms with Crippen LogP contribution in [0.25, 0.3) is 0 Å². The summed E-state index contributed by atoms with van der Waals surface area (Å²) < 4.78 is 0.